The summed E-state index contributed by atoms with van der Waals surface area (Å²) >= 11 is 0. The lowest BCUT2D eigenvalue weighted by Crippen LogP contribution is -2.25. The summed E-state index contributed by atoms with van der Waals surface area (Å²) in [4.78, 5) is 33.5. The molecule has 0 aliphatic heterocycles. The second-order valence-corrected chi connectivity index (χ2v) is 4.88. The number of rotatable bonds is 8. The Morgan fingerprint density at radius 3 is 2.23 bits per heavy atom. The van der Waals surface area contributed by atoms with Crippen LogP contribution in [0.2, 0.25) is 0 Å². The zero-order chi connectivity index (χ0) is 16.7. The standard InChI is InChI=1S/C15H18O7/c1-9(16)10(6-7-13(17)18)8-22-15(21)12-5-3-2-4-11(12)14(19)20/h2-5,9-10,16H,6-8H2,1H3,(H,17,18)(H,19,20). The Morgan fingerprint density at radius 1 is 1.14 bits per heavy atom. The number of aliphatic hydroxyl groups excluding tert-OH is 1. The van der Waals surface area contributed by atoms with Gasteiger partial charge in [-0.3, -0.25) is 4.79 Å². The highest BCUT2D eigenvalue weighted by molar-refractivity contribution is 6.02. The number of carbonyl (C=O) groups is 3. The average molecular weight is 310 g/mol. The van der Waals surface area contributed by atoms with Crippen molar-refractivity contribution in [3.63, 3.8) is 0 Å². The number of hydrogen-bond acceptors (Lipinski definition) is 5. The monoisotopic (exact) mass is 310 g/mol. The molecular formula is C15H18O7. The van der Waals surface area contributed by atoms with Crippen LogP contribution >= 0.6 is 0 Å². The molecule has 0 aromatic heterocycles. The number of benzene rings is 1. The summed E-state index contributed by atoms with van der Waals surface area (Å²) in [5, 5.41) is 27.2. The molecule has 1 aromatic carbocycles. The molecular weight excluding hydrogens is 292 g/mol. The lowest BCUT2D eigenvalue weighted by Gasteiger charge is -2.19. The van der Waals surface area contributed by atoms with Crippen LogP contribution in [0.1, 0.15) is 40.5 Å². The van der Waals surface area contributed by atoms with Gasteiger partial charge in [-0.15, -0.1) is 0 Å². The maximum Gasteiger partial charge on any atom is 0.339 e. The summed E-state index contributed by atoms with van der Waals surface area (Å²) < 4.78 is 5.02. The first kappa shape index (κ1) is 17.6. The molecule has 0 heterocycles. The summed E-state index contributed by atoms with van der Waals surface area (Å²) in [5.41, 5.74) is -0.260. The van der Waals surface area contributed by atoms with Crippen molar-refractivity contribution in [2.75, 3.05) is 6.61 Å². The van der Waals surface area contributed by atoms with E-state index in [0.29, 0.717) is 0 Å². The molecule has 0 aliphatic carbocycles. The van der Waals surface area contributed by atoms with Gasteiger partial charge in [0.2, 0.25) is 0 Å². The molecule has 1 rings (SSSR count). The molecule has 0 radical (unpaired) electrons. The fourth-order valence-electron chi connectivity index (χ4n) is 1.88. The van der Waals surface area contributed by atoms with E-state index in [4.69, 9.17) is 14.9 Å². The fourth-order valence-corrected chi connectivity index (χ4v) is 1.88. The number of esters is 1. The van der Waals surface area contributed by atoms with Gasteiger partial charge in [-0.25, -0.2) is 9.59 Å². The van der Waals surface area contributed by atoms with Crippen LogP contribution in [0.5, 0.6) is 0 Å². The van der Waals surface area contributed by atoms with Gasteiger partial charge in [0.15, 0.2) is 0 Å². The van der Waals surface area contributed by atoms with Gasteiger partial charge in [-0.05, 0) is 25.5 Å². The van der Waals surface area contributed by atoms with E-state index in [1.165, 1.54) is 31.2 Å². The van der Waals surface area contributed by atoms with Crippen LogP contribution < -0.4 is 0 Å². The largest absolute Gasteiger partial charge is 0.481 e. The lowest BCUT2D eigenvalue weighted by atomic mass is 9.99. The highest BCUT2D eigenvalue weighted by atomic mass is 16.5. The number of hydrogen-bond donors (Lipinski definition) is 3. The summed E-state index contributed by atoms with van der Waals surface area (Å²) in [7, 11) is 0. The van der Waals surface area contributed by atoms with Gasteiger partial charge in [0.1, 0.15) is 0 Å². The Morgan fingerprint density at radius 2 is 1.73 bits per heavy atom. The Bertz CT molecular complexity index is 551. The van der Waals surface area contributed by atoms with Crippen molar-refractivity contribution in [3.8, 4) is 0 Å². The van der Waals surface area contributed by atoms with Crippen LogP contribution in [-0.2, 0) is 9.53 Å². The minimum absolute atomic E-state index is 0.0856. The van der Waals surface area contributed by atoms with Gasteiger partial charge in [-0.1, -0.05) is 12.1 Å². The van der Waals surface area contributed by atoms with E-state index in [1.807, 2.05) is 0 Å². The van der Waals surface area contributed by atoms with Crippen LogP contribution in [0.25, 0.3) is 0 Å². The van der Waals surface area contributed by atoms with Crippen LogP contribution in [-0.4, -0.2) is 45.9 Å². The number of aliphatic hydroxyl groups is 1. The topological polar surface area (TPSA) is 121 Å². The third-order valence-corrected chi connectivity index (χ3v) is 3.22. The predicted octanol–water partition coefficient (Wildman–Crippen LogP) is 1.40. The van der Waals surface area contributed by atoms with Gasteiger partial charge < -0.3 is 20.1 Å². The molecule has 0 aliphatic rings. The van der Waals surface area contributed by atoms with Gasteiger partial charge in [0.25, 0.3) is 0 Å². The third kappa shape index (κ3) is 5.17. The molecule has 0 spiro atoms. The Kier molecular flexibility index (Phi) is 6.52. The average Bonchev–Trinajstić information content (AvgIpc) is 2.46. The maximum absolute atomic E-state index is 12.0. The van der Waals surface area contributed by atoms with Crippen LogP contribution in [0.4, 0.5) is 0 Å². The molecule has 3 N–H and O–H groups in total. The molecule has 7 nitrogen and oxygen atoms in total. The first-order chi connectivity index (χ1) is 10.3. The summed E-state index contributed by atoms with van der Waals surface area (Å²) in [6.07, 6.45) is -0.846. The lowest BCUT2D eigenvalue weighted by molar-refractivity contribution is -0.137. The number of aromatic carboxylic acids is 1. The van der Waals surface area contributed by atoms with Crippen LogP contribution in [0.15, 0.2) is 24.3 Å². The van der Waals surface area contributed by atoms with E-state index in [2.05, 4.69) is 0 Å². The first-order valence-electron chi connectivity index (χ1n) is 6.72. The summed E-state index contributed by atoms with van der Waals surface area (Å²) in [6.45, 7) is 1.29. The summed E-state index contributed by atoms with van der Waals surface area (Å²) in [6, 6.07) is 5.63. The molecule has 0 saturated carbocycles. The van der Waals surface area contributed by atoms with Crippen molar-refractivity contribution in [2.45, 2.75) is 25.9 Å². The minimum atomic E-state index is -1.24. The molecule has 22 heavy (non-hydrogen) atoms. The van der Waals surface area contributed by atoms with E-state index in [1.54, 1.807) is 0 Å². The van der Waals surface area contributed by atoms with E-state index in [9.17, 15) is 19.5 Å². The Labute approximate surface area is 127 Å². The third-order valence-electron chi connectivity index (χ3n) is 3.22. The Hall–Kier alpha value is -2.41. The zero-order valence-corrected chi connectivity index (χ0v) is 12.1. The number of carboxylic acids is 2. The smallest absolute Gasteiger partial charge is 0.339 e. The molecule has 2 atom stereocenters. The number of ether oxygens (including phenoxy) is 1. The number of carboxylic acid groups (broad SMARTS) is 2. The van der Waals surface area contributed by atoms with Crippen molar-refractivity contribution >= 4 is 17.9 Å². The van der Waals surface area contributed by atoms with Crippen molar-refractivity contribution in [3.05, 3.63) is 35.4 Å². The molecule has 0 bridgehead atoms. The Balaban J connectivity index is 2.71. The van der Waals surface area contributed by atoms with E-state index < -0.39 is 29.9 Å². The van der Waals surface area contributed by atoms with E-state index in [0.717, 1.165) is 0 Å². The molecule has 0 saturated heterocycles. The molecule has 120 valence electrons. The second kappa shape index (κ2) is 8.14. The van der Waals surface area contributed by atoms with Crippen LogP contribution in [0, 0.1) is 5.92 Å². The normalized spacial score (nSPS) is 13.2. The quantitative estimate of drug-likeness (QED) is 0.620. The minimum Gasteiger partial charge on any atom is -0.481 e. The highest BCUT2D eigenvalue weighted by Gasteiger charge is 2.21. The van der Waals surface area contributed by atoms with Gasteiger partial charge in [0.05, 0.1) is 23.8 Å². The maximum atomic E-state index is 12.0. The molecule has 0 amide bonds. The summed E-state index contributed by atoms with van der Waals surface area (Å²) in [5.74, 6) is -3.60. The van der Waals surface area contributed by atoms with Crippen molar-refractivity contribution < 1.29 is 34.4 Å². The predicted molar refractivity (Wildman–Crippen MR) is 75.7 cm³/mol. The molecule has 1 aromatic rings. The first-order valence-corrected chi connectivity index (χ1v) is 6.72. The van der Waals surface area contributed by atoms with E-state index >= 15 is 0 Å². The molecule has 2 unspecified atom stereocenters. The molecule has 7 heteroatoms. The fraction of sp³-hybridized carbons (Fsp3) is 0.400. The number of aliphatic carboxylic acids is 1. The molecule has 0 fully saturated rings. The highest BCUT2D eigenvalue weighted by Crippen LogP contribution is 2.15. The van der Waals surface area contributed by atoms with E-state index in [-0.39, 0.29) is 30.6 Å². The van der Waals surface area contributed by atoms with Crippen LogP contribution in [0.3, 0.4) is 0 Å². The van der Waals surface area contributed by atoms with Gasteiger partial charge in [-0.2, -0.15) is 0 Å². The van der Waals surface area contributed by atoms with Crippen molar-refractivity contribution in [2.24, 2.45) is 5.92 Å². The van der Waals surface area contributed by atoms with Gasteiger partial charge >= 0.3 is 17.9 Å². The second-order valence-electron chi connectivity index (χ2n) is 4.88. The zero-order valence-electron chi connectivity index (χ0n) is 12.1. The van der Waals surface area contributed by atoms with Gasteiger partial charge in [0, 0.05) is 12.3 Å². The number of carbonyl (C=O) groups excluding carboxylic acids is 1. The van der Waals surface area contributed by atoms with Crippen molar-refractivity contribution in [1.29, 1.82) is 0 Å². The SMILES string of the molecule is CC(O)C(CCC(=O)O)COC(=O)c1ccccc1C(=O)O. The van der Waals surface area contributed by atoms with Crippen molar-refractivity contribution in [1.82, 2.24) is 0 Å².